The molecule has 212 valence electrons. The predicted octanol–water partition coefficient (Wildman–Crippen LogP) is 9.24. The first-order valence-electron chi connectivity index (χ1n) is 14.8. The summed E-state index contributed by atoms with van der Waals surface area (Å²) >= 11 is 6.77. The van der Waals surface area contributed by atoms with Gasteiger partial charge < -0.3 is 10.6 Å². The zero-order chi connectivity index (χ0) is 28.8. The standard InChI is InChI=1S/C35H37ClN2.C2H5N/c1-25-16-18-28(19-17-25)30-12-7-14-32(23-30)35(31-13-6-11-29(22-31)27-9-3-4-10-27)38-21-20-37(24-38)33-15-5-8-26(2)34(33)36;1-2-3/h5-8,11-19,22-23,27,35H,3-4,9-10,20-21,24H2,1-2H3;2H,1,3H2. The molecule has 2 aliphatic rings. The molecular formula is C37H42ClN3. The fraction of sp³-hybridized carbons (Fsp3) is 0.297. The molecule has 0 aromatic heterocycles. The Balaban J connectivity index is 0.00000108. The maximum absolute atomic E-state index is 6.77. The van der Waals surface area contributed by atoms with Crippen molar-refractivity contribution in [3.05, 3.63) is 137 Å². The lowest BCUT2D eigenvalue weighted by Gasteiger charge is -2.30. The van der Waals surface area contributed by atoms with Crippen molar-refractivity contribution < 1.29 is 0 Å². The Hall–Kier alpha value is -3.53. The Morgan fingerprint density at radius 2 is 1.49 bits per heavy atom. The van der Waals surface area contributed by atoms with E-state index in [1.54, 1.807) is 0 Å². The van der Waals surface area contributed by atoms with Crippen molar-refractivity contribution in [3.8, 4) is 11.1 Å². The lowest BCUT2D eigenvalue weighted by atomic mass is 9.90. The van der Waals surface area contributed by atoms with E-state index in [2.05, 4.69) is 127 Å². The summed E-state index contributed by atoms with van der Waals surface area (Å²) in [7, 11) is 0. The van der Waals surface area contributed by atoms with Gasteiger partial charge in [-0.3, -0.25) is 4.90 Å². The number of hydrogen-bond donors (Lipinski definition) is 1. The molecule has 0 spiro atoms. The number of hydrogen-bond acceptors (Lipinski definition) is 3. The van der Waals surface area contributed by atoms with Crippen LogP contribution in [0.15, 0.2) is 104 Å². The molecule has 4 aromatic carbocycles. The van der Waals surface area contributed by atoms with Gasteiger partial charge in [-0.1, -0.05) is 115 Å². The van der Waals surface area contributed by atoms with Crippen molar-refractivity contribution in [2.75, 3.05) is 24.7 Å². The van der Waals surface area contributed by atoms with Crippen molar-refractivity contribution in [3.63, 3.8) is 0 Å². The zero-order valence-corrected chi connectivity index (χ0v) is 25.2. The number of rotatable bonds is 6. The summed E-state index contributed by atoms with van der Waals surface area (Å²) in [5.41, 5.74) is 15.0. The lowest BCUT2D eigenvalue weighted by molar-refractivity contribution is 0.283. The first kappa shape index (κ1) is 29.0. The molecule has 1 aliphatic carbocycles. The van der Waals surface area contributed by atoms with Gasteiger partial charge >= 0.3 is 0 Å². The Labute approximate surface area is 251 Å². The lowest BCUT2D eigenvalue weighted by Crippen LogP contribution is -2.30. The SMILES string of the molecule is C=CN.Cc1ccc(-c2cccc(C(c3cccc(C4CCCC4)c3)N3CCN(c4cccc(C)c4Cl)C3)c2)cc1. The molecule has 2 fully saturated rings. The molecular weight excluding hydrogens is 522 g/mol. The third kappa shape index (κ3) is 6.69. The summed E-state index contributed by atoms with van der Waals surface area (Å²) in [4.78, 5) is 5.06. The van der Waals surface area contributed by atoms with Crippen LogP contribution in [-0.4, -0.2) is 24.7 Å². The van der Waals surface area contributed by atoms with Crippen LogP contribution in [-0.2, 0) is 0 Å². The van der Waals surface area contributed by atoms with Crippen LogP contribution in [0.4, 0.5) is 5.69 Å². The van der Waals surface area contributed by atoms with Crippen molar-refractivity contribution in [2.45, 2.75) is 51.5 Å². The summed E-state index contributed by atoms with van der Waals surface area (Å²) < 4.78 is 0. The predicted molar refractivity (Wildman–Crippen MR) is 176 cm³/mol. The summed E-state index contributed by atoms with van der Waals surface area (Å²) in [6.07, 6.45) is 6.60. The fourth-order valence-corrected chi connectivity index (χ4v) is 6.63. The van der Waals surface area contributed by atoms with Gasteiger partial charge in [0.15, 0.2) is 0 Å². The van der Waals surface area contributed by atoms with E-state index in [0.717, 1.165) is 36.0 Å². The Morgan fingerprint density at radius 1 is 0.829 bits per heavy atom. The van der Waals surface area contributed by atoms with Gasteiger partial charge in [0.05, 0.1) is 23.4 Å². The maximum atomic E-state index is 6.77. The van der Waals surface area contributed by atoms with Gasteiger partial charge in [-0.15, -0.1) is 0 Å². The van der Waals surface area contributed by atoms with Gasteiger partial charge in [0, 0.05) is 13.1 Å². The summed E-state index contributed by atoms with van der Waals surface area (Å²) in [5, 5.41) is 0.871. The number of aryl methyl sites for hydroxylation is 2. The van der Waals surface area contributed by atoms with E-state index in [-0.39, 0.29) is 6.04 Å². The highest BCUT2D eigenvalue weighted by atomic mass is 35.5. The highest BCUT2D eigenvalue weighted by Gasteiger charge is 2.31. The Kier molecular flexibility index (Phi) is 9.49. The van der Waals surface area contributed by atoms with Gasteiger partial charge in [0.1, 0.15) is 0 Å². The van der Waals surface area contributed by atoms with Crippen LogP contribution < -0.4 is 10.6 Å². The third-order valence-corrected chi connectivity index (χ3v) is 9.02. The largest absolute Gasteiger partial charge is 0.405 e. The Bertz CT molecular complexity index is 1460. The van der Waals surface area contributed by atoms with E-state index in [9.17, 15) is 0 Å². The molecule has 2 N–H and O–H groups in total. The second-order valence-corrected chi connectivity index (χ2v) is 11.8. The minimum atomic E-state index is 0.190. The molecule has 1 saturated heterocycles. The smallest absolute Gasteiger partial charge is 0.0716 e. The summed E-state index contributed by atoms with van der Waals surface area (Å²) in [6, 6.07) is 34.1. The van der Waals surface area contributed by atoms with Gasteiger partial charge in [-0.2, -0.15) is 0 Å². The molecule has 0 bridgehead atoms. The minimum Gasteiger partial charge on any atom is -0.405 e. The molecule has 1 heterocycles. The molecule has 1 unspecified atom stereocenters. The van der Waals surface area contributed by atoms with Gasteiger partial charge in [-0.25, -0.2) is 0 Å². The quantitative estimate of drug-likeness (QED) is 0.254. The number of nitrogens with two attached hydrogens (primary N) is 1. The van der Waals surface area contributed by atoms with Gasteiger partial charge in [0.25, 0.3) is 0 Å². The van der Waals surface area contributed by atoms with Crippen LogP contribution in [0.3, 0.4) is 0 Å². The first-order valence-corrected chi connectivity index (χ1v) is 15.2. The second kappa shape index (κ2) is 13.4. The van der Waals surface area contributed by atoms with Crippen molar-refractivity contribution in [2.24, 2.45) is 5.73 Å². The maximum Gasteiger partial charge on any atom is 0.0716 e. The van der Waals surface area contributed by atoms with Crippen molar-refractivity contribution >= 4 is 17.3 Å². The van der Waals surface area contributed by atoms with Crippen LogP contribution in [0.25, 0.3) is 11.1 Å². The van der Waals surface area contributed by atoms with Crippen LogP contribution >= 0.6 is 11.6 Å². The highest BCUT2D eigenvalue weighted by Crippen LogP contribution is 2.39. The van der Waals surface area contributed by atoms with Crippen LogP contribution in [0.5, 0.6) is 0 Å². The van der Waals surface area contributed by atoms with E-state index in [0.29, 0.717) is 5.92 Å². The fourth-order valence-electron chi connectivity index (χ4n) is 6.38. The number of anilines is 1. The highest BCUT2D eigenvalue weighted by molar-refractivity contribution is 6.34. The molecule has 1 aliphatic heterocycles. The third-order valence-electron chi connectivity index (χ3n) is 8.53. The normalized spacial score (nSPS) is 16.3. The average Bonchev–Trinajstić information content (AvgIpc) is 3.70. The van der Waals surface area contributed by atoms with Crippen LogP contribution in [0.2, 0.25) is 5.02 Å². The average molecular weight is 564 g/mol. The van der Waals surface area contributed by atoms with E-state index < -0.39 is 0 Å². The molecule has 4 heteroatoms. The van der Waals surface area contributed by atoms with E-state index in [1.165, 1.54) is 65.3 Å². The zero-order valence-electron chi connectivity index (χ0n) is 24.4. The van der Waals surface area contributed by atoms with Crippen LogP contribution in [0.1, 0.15) is 65.5 Å². The molecule has 41 heavy (non-hydrogen) atoms. The van der Waals surface area contributed by atoms with E-state index in [1.807, 2.05) is 0 Å². The molecule has 0 amide bonds. The first-order chi connectivity index (χ1) is 20.0. The summed E-state index contributed by atoms with van der Waals surface area (Å²) in [6.45, 7) is 10.2. The molecule has 4 aromatic rings. The number of halogens is 1. The second-order valence-electron chi connectivity index (χ2n) is 11.4. The molecule has 1 atom stereocenters. The van der Waals surface area contributed by atoms with Gasteiger partial charge in [0.2, 0.25) is 0 Å². The molecule has 6 rings (SSSR count). The van der Waals surface area contributed by atoms with Crippen LogP contribution in [0, 0.1) is 13.8 Å². The van der Waals surface area contributed by atoms with E-state index in [4.69, 9.17) is 11.6 Å². The van der Waals surface area contributed by atoms with E-state index >= 15 is 0 Å². The molecule has 1 saturated carbocycles. The van der Waals surface area contributed by atoms with Crippen molar-refractivity contribution in [1.29, 1.82) is 0 Å². The Morgan fingerprint density at radius 3 is 2.22 bits per heavy atom. The topological polar surface area (TPSA) is 32.5 Å². The van der Waals surface area contributed by atoms with Crippen molar-refractivity contribution in [1.82, 2.24) is 4.90 Å². The summed E-state index contributed by atoms with van der Waals surface area (Å²) in [5.74, 6) is 0.704. The molecule has 0 radical (unpaired) electrons. The number of nitrogens with zero attached hydrogens (tertiary/aromatic N) is 2. The van der Waals surface area contributed by atoms with Gasteiger partial charge in [-0.05, 0) is 84.3 Å². The number of benzene rings is 4. The monoisotopic (exact) mass is 563 g/mol. The molecule has 3 nitrogen and oxygen atoms in total. The minimum absolute atomic E-state index is 0.190.